The van der Waals surface area contributed by atoms with Gasteiger partial charge in [0.05, 0.1) is 17.1 Å². The van der Waals surface area contributed by atoms with Crippen LogP contribution in [0.1, 0.15) is 24.2 Å². The molecule has 0 fully saturated rings. The Labute approximate surface area is 92.1 Å². The Hall–Kier alpha value is -1.03. The number of anilines is 1. The summed E-state index contributed by atoms with van der Waals surface area (Å²) >= 11 is 0. The van der Waals surface area contributed by atoms with Crippen LogP contribution >= 0.6 is 0 Å². The van der Waals surface area contributed by atoms with Crippen LogP contribution in [0.2, 0.25) is 0 Å². The molecule has 4 heteroatoms. The molecule has 1 aromatic rings. The van der Waals surface area contributed by atoms with Gasteiger partial charge >= 0.3 is 0 Å². The van der Waals surface area contributed by atoms with Gasteiger partial charge in [-0.15, -0.1) is 0 Å². The van der Waals surface area contributed by atoms with Crippen molar-refractivity contribution in [2.75, 3.05) is 26.4 Å². The Morgan fingerprint density at radius 2 is 1.93 bits per heavy atom. The third kappa shape index (κ3) is 3.23. The third-order valence-corrected chi connectivity index (χ3v) is 2.66. The monoisotopic (exact) mass is 210 g/mol. The molecule has 0 aromatic carbocycles. The highest BCUT2D eigenvalue weighted by molar-refractivity contribution is 5.46. The molecule has 0 aliphatic carbocycles. The Morgan fingerprint density at radius 3 is 2.40 bits per heavy atom. The SMILES string of the molecule is Cc1nn(CCCCN(C)C)c(C)c1N. The van der Waals surface area contributed by atoms with Gasteiger partial charge in [0, 0.05) is 6.54 Å². The lowest BCUT2D eigenvalue weighted by Crippen LogP contribution is -2.14. The number of rotatable bonds is 5. The van der Waals surface area contributed by atoms with Crippen molar-refractivity contribution in [3.63, 3.8) is 0 Å². The zero-order valence-corrected chi connectivity index (χ0v) is 10.2. The van der Waals surface area contributed by atoms with Crippen molar-refractivity contribution in [2.24, 2.45) is 0 Å². The molecule has 2 N–H and O–H groups in total. The summed E-state index contributed by atoms with van der Waals surface area (Å²) in [6.45, 7) is 6.09. The Kier molecular flexibility index (Phi) is 4.15. The Bertz CT molecular complexity index is 315. The Balaban J connectivity index is 2.41. The van der Waals surface area contributed by atoms with Gasteiger partial charge in [0.2, 0.25) is 0 Å². The summed E-state index contributed by atoms with van der Waals surface area (Å²) in [5.41, 5.74) is 8.74. The summed E-state index contributed by atoms with van der Waals surface area (Å²) in [7, 11) is 4.20. The summed E-state index contributed by atoms with van der Waals surface area (Å²) in [5, 5.41) is 4.40. The molecule has 0 bridgehead atoms. The number of nitrogens with two attached hydrogens (primary N) is 1. The van der Waals surface area contributed by atoms with E-state index in [1.54, 1.807) is 0 Å². The van der Waals surface area contributed by atoms with Crippen LogP contribution in [0.15, 0.2) is 0 Å². The van der Waals surface area contributed by atoms with Gasteiger partial charge in [-0.2, -0.15) is 5.10 Å². The van der Waals surface area contributed by atoms with Crippen LogP contribution in [0.3, 0.4) is 0 Å². The maximum absolute atomic E-state index is 5.86. The number of hydrogen-bond acceptors (Lipinski definition) is 3. The summed E-state index contributed by atoms with van der Waals surface area (Å²) in [6, 6.07) is 0. The van der Waals surface area contributed by atoms with E-state index in [1.807, 2.05) is 18.5 Å². The van der Waals surface area contributed by atoms with Gasteiger partial charge in [-0.25, -0.2) is 0 Å². The molecular formula is C11H22N4. The van der Waals surface area contributed by atoms with Crippen molar-refractivity contribution in [1.29, 1.82) is 0 Å². The highest BCUT2D eigenvalue weighted by Gasteiger charge is 2.06. The summed E-state index contributed by atoms with van der Waals surface area (Å²) in [5.74, 6) is 0. The fourth-order valence-corrected chi connectivity index (χ4v) is 1.62. The highest BCUT2D eigenvalue weighted by Crippen LogP contribution is 2.15. The molecule has 0 saturated heterocycles. The van der Waals surface area contributed by atoms with E-state index in [0.717, 1.165) is 36.6 Å². The number of aryl methyl sites for hydroxylation is 2. The van der Waals surface area contributed by atoms with Crippen LogP contribution in [-0.4, -0.2) is 35.3 Å². The zero-order valence-electron chi connectivity index (χ0n) is 10.2. The number of unbranched alkanes of at least 4 members (excludes halogenated alkanes) is 1. The second kappa shape index (κ2) is 5.16. The minimum atomic E-state index is 0.836. The minimum Gasteiger partial charge on any atom is -0.396 e. The topological polar surface area (TPSA) is 47.1 Å². The van der Waals surface area contributed by atoms with Crippen molar-refractivity contribution in [2.45, 2.75) is 33.2 Å². The first-order valence-corrected chi connectivity index (χ1v) is 5.46. The van der Waals surface area contributed by atoms with Gasteiger partial charge in [-0.05, 0) is 47.3 Å². The average molecular weight is 210 g/mol. The standard InChI is InChI=1S/C11H22N4/c1-9-11(12)10(2)15(13-9)8-6-5-7-14(3)4/h5-8,12H2,1-4H3. The predicted octanol–water partition coefficient (Wildman–Crippen LogP) is 1.42. The summed E-state index contributed by atoms with van der Waals surface area (Å²) in [6.07, 6.45) is 2.35. The predicted molar refractivity (Wildman–Crippen MR) is 63.9 cm³/mol. The van der Waals surface area contributed by atoms with Crippen LogP contribution in [-0.2, 0) is 6.54 Å². The Morgan fingerprint density at radius 1 is 1.27 bits per heavy atom. The number of aromatic nitrogens is 2. The molecule has 15 heavy (non-hydrogen) atoms. The smallest absolute Gasteiger partial charge is 0.0825 e. The van der Waals surface area contributed by atoms with Crippen LogP contribution in [0.25, 0.3) is 0 Å². The van der Waals surface area contributed by atoms with Crippen LogP contribution in [0.5, 0.6) is 0 Å². The van der Waals surface area contributed by atoms with Crippen molar-refractivity contribution < 1.29 is 0 Å². The first-order chi connectivity index (χ1) is 7.02. The van der Waals surface area contributed by atoms with Crippen LogP contribution in [0.4, 0.5) is 5.69 Å². The molecule has 0 aliphatic heterocycles. The van der Waals surface area contributed by atoms with Gasteiger partial charge in [-0.3, -0.25) is 4.68 Å². The van der Waals surface area contributed by atoms with Crippen LogP contribution in [0, 0.1) is 13.8 Å². The van der Waals surface area contributed by atoms with Gasteiger partial charge in [0.15, 0.2) is 0 Å². The van der Waals surface area contributed by atoms with Gasteiger partial charge < -0.3 is 10.6 Å². The minimum absolute atomic E-state index is 0.836. The molecule has 0 spiro atoms. The lowest BCUT2D eigenvalue weighted by molar-refractivity contribution is 0.383. The van der Waals surface area contributed by atoms with E-state index in [1.165, 1.54) is 6.42 Å². The lowest BCUT2D eigenvalue weighted by Gasteiger charge is -2.09. The second-order valence-electron chi connectivity index (χ2n) is 4.32. The van der Waals surface area contributed by atoms with E-state index in [4.69, 9.17) is 5.73 Å². The molecular weight excluding hydrogens is 188 g/mol. The molecule has 1 heterocycles. The highest BCUT2D eigenvalue weighted by atomic mass is 15.3. The normalized spacial score (nSPS) is 11.3. The molecule has 0 atom stereocenters. The van der Waals surface area contributed by atoms with Crippen LogP contribution < -0.4 is 5.73 Å². The van der Waals surface area contributed by atoms with Crippen molar-refractivity contribution in [3.05, 3.63) is 11.4 Å². The molecule has 0 aliphatic rings. The molecule has 0 unspecified atom stereocenters. The van der Waals surface area contributed by atoms with E-state index in [-0.39, 0.29) is 0 Å². The summed E-state index contributed by atoms with van der Waals surface area (Å²) < 4.78 is 2.01. The lowest BCUT2D eigenvalue weighted by atomic mass is 10.3. The molecule has 4 nitrogen and oxygen atoms in total. The van der Waals surface area contributed by atoms with Crippen molar-refractivity contribution in [1.82, 2.24) is 14.7 Å². The molecule has 1 aromatic heterocycles. The second-order valence-corrected chi connectivity index (χ2v) is 4.32. The average Bonchev–Trinajstić information content (AvgIpc) is 2.41. The maximum Gasteiger partial charge on any atom is 0.0825 e. The van der Waals surface area contributed by atoms with E-state index in [9.17, 15) is 0 Å². The number of nitrogens with zero attached hydrogens (tertiary/aromatic N) is 3. The van der Waals surface area contributed by atoms with Gasteiger partial charge in [-0.1, -0.05) is 0 Å². The fourth-order valence-electron chi connectivity index (χ4n) is 1.62. The largest absolute Gasteiger partial charge is 0.396 e. The molecule has 0 amide bonds. The van der Waals surface area contributed by atoms with E-state index in [2.05, 4.69) is 24.1 Å². The quantitative estimate of drug-likeness (QED) is 0.748. The van der Waals surface area contributed by atoms with Crippen molar-refractivity contribution in [3.8, 4) is 0 Å². The molecule has 86 valence electrons. The van der Waals surface area contributed by atoms with E-state index < -0.39 is 0 Å². The fraction of sp³-hybridized carbons (Fsp3) is 0.727. The first-order valence-electron chi connectivity index (χ1n) is 5.46. The molecule has 0 radical (unpaired) electrons. The molecule has 0 saturated carbocycles. The summed E-state index contributed by atoms with van der Waals surface area (Å²) in [4.78, 5) is 2.20. The van der Waals surface area contributed by atoms with Gasteiger partial charge in [0.1, 0.15) is 0 Å². The molecule has 1 rings (SSSR count). The van der Waals surface area contributed by atoms with E-state index >= 15 is 0 Å². The van der Waals surface area contributed by atoms with E-state index in [0.29, 0.717) is 0 Å². The maximum atomic E-state index is 5.86. The van der Waals surface area contributed by atoms with Crippen molar-refractivity contribution >= 4 is 5.69 Å². The third-order valence-electron chi connectivity index (χ3n) is 2.66. The number of nitrogen functional groups attached to an aromatic ring is 1. The number of hydrogen-bond donors (Lipinski definition) is 1. The van der Waals surface area contributed by atoms with Gasteiger partial charge in [0.25, 0.3) is 0 Å². The first kappa shape index (κ1) is 12.0. The zero-order chi connectivity index (χ0) is 11.4.